The van der Waals surface area contributed by atoms with Crippen molar-refractivity contribution in [2.75, 3.05) is 18.6 Å². The number of aryl methyl sites for hydroxylation is 1. The highest BCUT2D eigenvalue weighted by molar-refractivity contribution is 9.10. The topological polar surface area (TPSA) is 103 Å². The van der Waals surface area contributed by atoms with E-state index in [-0.39, 0.29) is 40.9 Å². The van der Waals surface area contributed by atoms with Gasteiger partial charge in [-0.3, -0.25) is 19.3 Å². The van der Waals surface area contributed by atoms with Gasteiger partial charge in [0.2, 0.25) is 11.8 Å². The van der Waals surface area contributed by atoms with Crippen LogP contribution in [0.2, 0.25) is 5.02 Å². The number of imide groups is 1. The smallest absolute Gasteiger partial charge is 0.339 e. The predicted molar refractivity (Wildman–Crippen MR) is 175 cm³/mol. The van der Waals surface area contributed by atoms with Gasteiger partial charge in [0, 0.05) is 21.0 Å². The number of Topliss-reactive ketones (excluding diaryl/α,β-unsaturated/α-hetero) is 1. The largest absolute Gasteiger partial charge is 0.497 e. The molecule has 4 aromatic rings. The van der Waals surface area contributed by atoms with Crippen molar-refractivity contribution in [2.24, 2.45) is 17.8 Å². The van der Waals surface area contributed by atoms with Crippen molar-refractivity contribution < 1.29 is 28.7 Å². The molecule has 228 valence electrons. The second kappa shape index (κ2) is 12.2. The van der Waals surface area contributed by atoms with E-state index in [2.05, 4.69) is 15.9 Å². The molecule has 2 heterocycles. The SMILES string of the molecule is COc1ccc(C(=O)COC(=O)c2cc(-c3ccc(N4C(=O)C5CC=CC(C)C5C4=O)cc3)nc3c(C)c(Cl)c(Br)cc23)cc1. The zero-order valence-corrected chi connectivity index (χ0v) is 27.0. The number of aromatic nitrogens is 1. The van der Waals surface area contributed by atoms with Crippen molar-refractivity contribution in [3.8, 4) is 17.0 Å². The Kier molecular flexibility index (Phi) is 8.33. The Hall–Kier alpha value is -4.34. The average molecular weight is 688 g/mol. The Bertz CT molecular complexity index is 1900. The van der Waals surface area contributed by atoms with Crippen molar-refractivity contribution in [1.82, 2.24) is 4.98 Å². The molecule has 0 radical (unpaired) electrons. The first-order valence-electron chi connectivity index (χ1n) is 14.4. The van der Waals surface area contributed by atoms with Crippen molar-refractivity contribution in [3.63, 3.8) is 0 Å². The zero-order chi connectivity index (χ0) is 32.0. The minimum atomic E-state index is -0.700. The van der Waals surface area contributed by atoms with E-state index in [9.17, 15) is 19.2 Å². The summed E-state index contributed by atoms with van der Waals surface area (Å²) in [6, 6.07) is 16.8. The van der Waals surface area contributed by atoms with Crippen LogP contribution in [0.3, 0.4) is 0 Å². The minimum Gasteiger partial charge on any atom is -0.497 e. The van der Waals surface area contributed by atoms with E-state index in [1.807, 2.05) is 19.1 Å². The van der Waals surface area contributed by atoms with Crippen LogP contribution in [-0.4, -0.2) is 42.3 Å². The first-order valence-corrected chi connectivity index (χ1v) is 15.5. The Morgan fingerprint density at radius 1 is 1.04 bits per heavy atom. The predicted octanol–water partition coefficient (Wildman–Crippen LogP) is 7.38. The maximum atomic E-state index is 13.5. The van der Waals surface area contributed by atoms with Crippen molar-refractivity contribution >= 4 is 67.7 Å². The number of benzene rings is 3. The molecule has 0 spiro atoms. The molecule has 6 rings (SSSR count). The van der Waals surface area contributed by atoms with Gasteiger partial charge >= 0.3 is 5.97 Å². The second-order valence-electron chi connectivity index (χ2n) is 11.2. The number of esters is 1. The number of rotatable bonds is 7. The van der Waals surface area contributed by atoms with E-state index < -0.39 is 12.6 Å². The number of halogens is 2. The van der Waals surface area contributed by atoms with E-state index in [0.717, 1.165) is 0 Å². The van der Waals surface area contributed by atoms with Crippen LogP contribution in [0.1, 0.15) is 39.6 Å². The molecule has 0 saturated carbocycles. The third-order valence-corrected chi connectivity index (χ3v) is 9.82. The van der Waals surface area contributed by atoms with E-state index >= 15 is 0 Å². The van der Waals surface area contributed by atoms with Gasteiger partial charge < -0.3 is 9.47 Å². The Labute approximate surface area is 273 Å². The standard InChI is InChI=1S/C35H28BrClN2O6/c1-18-5-4-6-24-30(18)34(42)39(33(24)41)22-11-7-20(8-12-22)28-16-26(25-15-27(36)31(37)19(2)32(25)38-28)35(43)45-17-29(40)21-9-13-23(44-3)14-10-21/h4-5,7-16,18,24,30H,6,17H2,1-3H3. The van der Waals surface area contributed by atoms with Crippen LogP contribution >= 0.6 is 27.5 Å². The summed E-state index contributed by atoms with van der Waals surface area (Å²) in [6.07, 6.45) is 4.52. The second-order valence-corrected chi connectivity index (χ2v) is 12.4. The lowest BCUT2D eigenvalue weighted by atomic mass is 9.78. The number of carbonyl (C=O) groups is 4. The first kappa shape index (κ1) is 30.7. The van der Waals surface area contributed by atoms with Crippen LogP contribution < -0.4 is 9.64 Å². The summed E-state index contributed by atoms with van der Waals surface area (Å²) in [7, 11) is 1.53. The Morgan fingerprint density at radius 3 is 2.42 bits per heavy atom. The van der Waals surface area contributed by atoms with Crippen LogP contribution in [0.25, 0.3) is 22.2 Å². The first-order chi connectivity index (χ1) is 21.6. The molecular formula is C35H28BrClN2O6. The number of ketones is 1. The molecule has 3 unspecified atom stereocenters. The zero-order valence-electron chi connectivity index (χ0n) is 24.7. The molecule has 3 aromatic carbocycles. The molecule has 8 nitrogen and oxygen atoms in total. The normalized spacial score (nSPS) is 19.1. The number of carbonyl (C=O) groups excluding carboxylic acids is 4. The van der Waals surface area contributed by atoms with Gasteiger partial charge in [-0.05, 0) is 89.3 Å². The lowest BCUT2D eigenvalue weighted by Gasteiger charge is -2.22. The lowest BCUT2D eigenvalue weighted by molar-refractivity contribution is -0.122. The highest BCUT2D eigenvalue weighted by atomic mass is 79.9. The molecule has 2 amide bonds. The number of hydrogen-bond acceptors (Lipinski definition) is 7. The van der Waals surface area contributed by atoms with Crippen molar-refractivity contribution in [2.45, 2.75) is 20.3 Å². The number of amides is 2. The fourth-order valence-electron chi connectivity index (χ4n) is 6.03. The number of anilines is 1. The molecule has 1 aliphatic heterocycles. The van der Waals surface area contributed by atoms with Gasteiger partial charge in [-0.1, -0.05) is 42.8 Å². The highest BCUT2D eigenvalue weighted by Crippen LogP contribution is 2.41. The number of hydrogen-bond donors (Lipinski definition) is 0. The van der Waals surface area contributed by atoms with Gasteiger partial charge in [-0.25, -0.2) is 9.78 Å². The summed E-state index contributed by atoms with van der Waals surface area (Å²) < 4.78 is 11.2. The molecule has 1 fully saturated rings. The summed E-state index contributed by atoms with van der Waals surface area (Å²) in [5.74, 6) is -1.56. The monoisotopic (exact) mass is 686 g/mol. The number of pyridine rings is 1. The summed E-state index contributed by atoms with van der Waals surface area (Å²) in [4.78, 5) is 58.8. The number of allylic oxidation sites excluding steroid dienone is 2. The Morgan fingerprint density at radius 2 is 1.76 bits per heavy atom. The van der Waals surface area contributed by atoms with Gasteiger partial charge in [0.05, 0.1) is 46.4 Å². The molecule has 3 atom stereocenters. The number of nitrogens with zero attached hydrogens (tertiary/aromatic N) is 2. The van der Waals surface area contributed by atoms with Crippen LogP contribution in [0.15, 0.2) is 77.3 Å². The molecule has 1 aliphatic carbocycles. The molecular weight excluding hydrogens is 660 g/mol. The molecule has 1 aromatic heterocycles. The molecule has 0 bridgehead atoms. The fourth-order valence-corrected chi connectivity index (χ4v) is 6.70. The fraction of sp³-hybridized carbons (Fsp3) is 0.229. The summed E-state index contributed by atoms with van der Waals surface area (Å²) >= 11 is 9.99. The average Bonchev–Trinajstić information content (AvgIpc) is 3.32. The molecule has 45 heavy (non-hydrogen) atoms. The molecule has 10 heteroatoms. The molecule has 1 saturated heterocycles. The van der Waals surface area contributed by atoms with Crippen LogP contribution in [-0.2, 0) is 14.3 Å². The van der Waals surface area contributed by atoms with Gasteiger partial charge in [0.25, 0.3) is 0 Å². The third kappa shape index (κ3) is 5.55. The Balaban J connectivity index is 1.32. The lowest BCUT2D eigenvalue weighted by Crippen LogP contribution is -2.31. The van der Waals surface area contributed by atoms with Crippen LogP contribution in [0.4, 0.5) is 5.69 Å². The van der Waals surface area contributed by atoms with E-state index in [0.29, 0.717) is 60.6 Å². The molecule has 0 N–H and O–H groups in total. The van der Waals surface area contributed by atoms with E-state index in [1.54, 1.807) is 67.6 Å². The number of ether oxygens (including phenoxy) is 2. The quantitative estimate of drug-likeness (QED) is 0.0865. The third-order valence-electron chi connectivity index (χ3n) is 8.48. The van der Waals surface area contributed by atoms with Gasteiger partial charge in [0.15, 0.2) is 12.4 Å². The summed E-state index contributed by atoms with van der Waals surface area (Å²) in [5, 5.41) is 0.956. The van der Waals surface area contributed by atoms with Crippen LogP contribution in [0, 0.1) is 24.7 Å². The summed E-state index contributed by atoms with van der Waals surface area (Å²) in [5.41, 5.74) is 3.32. The van der Waals surface area contributed by atoms with E-state index in [4.69, 9.17) is 26.1 Å². The van der Waals surface area contributed by atoms with Crippen LogP contribution in [0.5, 0.6) is 5.75 Å². The maximum Gasteiger partial charge on any atom is 0.339 e. The molecule has 2 aliphatic rings. The van der Waals surface area contributed by atoms with E-state index in [1.165, 1.54) is 12.0 Å². The minimum absolute atomic E-state index is 0.00829. The van der Waals surface area contributed by atoms with Crippen molar-refractivity contribution in [1.29, 1.82) is 0 Å². The van der Waals surface area contributed by atoms with Gasteiger partial charge in [0.1, 0.15) is 5.75 Å². The van der Waals surface area contributed by atoms with Gasteiger partial charge in [-0.2, -0.15) is 0 Å². The number of fused-ring (bicyclic) bond motifs is 2. The van der Waals surface area contributed by atoms with Crippen molar-refractivity contribution in [3.05, 3.63) is 99.0 Å². The maximum absolute atomic E-state index is 13.5. The number of methoxy groups -OCH3 is 1. The summed E-state index contributed by atoms with van der Waals surface area (Å²) in [6.45, 7) is 3.30. The highest BCUT2D eigenvalue weighted by Gasteiger charge is 2.50. The van der Waals surface area contributed by atoms with Gasteiger partial charge in [-0.15, -0.1) is 0 Å².